The standard InChI is InChI=1S/C13H21NS/c1-10-4-3-5-11(8-10)13(14-2)12-6-7-15-9-12/h6-7,9-11,13-14H,3-5,8H2,1-2H3. The van der Waals surface area contributed by atoms with E-state index in [0.717, 1.165) is 11.8 Å². The first-order valence-corrected chi connectivity index (χ1v) is 6.95. The van der Waals surface area contributed by atoms with Crippen LogP contribution in [0, 0.1) is 11.8 Å². The SMILES string of the molecule is CNC(c1ccsc1)C1CCCC(C)C1. The normalized spacial score (nSPS) is 28.9. The summed E-state index contributed by atoms with van der Waals surface area (Å²) in [5, 5.41) is 7.98. The van der Waals surface area contributed by atoms with Crippen molar-refractivity contribution in [2.24, 2.45) is 11.8 Å². The Morgan fingerprint density at radius 3 is 2.93 bits per heavy atom. The molecular weight excluding hydrogens is 202 g/mol. The maximum Gasteiger partial charge on any atom is 0.0354 e. The number of thiophene rings is 1. The largest absolute Gasteiger partial charge is 0.313 e. The molecule has 0 aliphatic heterocycles. The lowest BCUT2D eigenvalue weighted by Crippen LogP contribution is -2.28. The molecule has 0 spiro atoms. The lowest BCUT2D eigenvalue weighted by molar-refractivity contribution is 0.230. The maximum atomic E-state index is 3.50. The summed E-state index contributed by atoms with van der Waals surface area (Å²) in [6.45, 7) is 2.40. The average Bonchev–Trinajstić information content (AvgIpc) is 2.72. The first-order valence-electron chi connectivity index (χ1n) is 6.00. The molecule has 15 heavy (non-hydrogen) atoms. The fourth-order valence-corrected chi connectivity index (χ4v) is 3.61. The third-order valence-electron chi connectivity index (χ3n) is 3.66. The van der Waals surface area contributed by atoms with E-state index >= 15 is 0 Å². The summed E-state index contributed by atoms with van der Waals surface area (Å²) in [4.78, 5) is 0. The van der Waals surface area contributed by atoms with E-state index in [1.807, 2.05) is 11.3 Å². The van der Waals surface area contributed by atoms with Crippen LogP contribution < -0.4 is 5.32 Å². The third kappa shape index (κ3) is 2.61. The predicted molar refractivity (Wildman–Crippen MR) is 67.2 cm³/mol. The van der Waals surface area contributed by atoms with Crippen molar-refractivity contribution in [3.8, 4) is 0 Å². The summed E-state index contributed by atoms with van der Waals surface area (Å²) in [5.41, 5.74) is 1.49. The van der Waals surface area contributed by atoms with Gasteiger partial charge in [0.25, 0.3) is 0 Å². The second kappa shape index (κ2) is 5.13. The Morgan fingerprint density at radius 2 is 2.33 bits per heavy atom. The van der Waals surface area contributed by atoms with E-state index in [1.54, 1.807) is 0 Å². The molecule has 0 radical (unpaired) electrons. The molecule has 1 heterocycles. The van der Waals surface area contributed by atoms with Gasteiger partial charge < -0.3 is 5.32 Å². The Hall–Kier alpha value is -0.340. The van der Waals surface area contributed by atoms with Crippen LogP contribution in [0.15, 0.2) is 16.8 Å². The van der Waals surface area contributed by atoms with Crippen LogP contribution in [0.4, 0.5) is 0 Å². The molecule has 1 N–H and O–H groups in total. The third-order valence-corrected chi connectivity index (χ3v) is 4.36. The highest BCUT2D eigenvalue weighted by atomic mass is 32.1. The van der Waals surface area contributed by atoms with Crippen molar-refractivity contribution in [3.63, 3.8) is 0 Å². The zero-order valence-electron chi connectivity index (χ0n) is 9.70. The van der Waals surface area contributed by atoms with Crippen LogP contribution in [0.5, 0.6) is 0 Å². The summed E-state index contributed by atoms with van der Waals surface area (Å²) >= 11 is 1.81. The van der Waals surface area contributed by atoms with Crippen molar-refractivity contribution in [2.45, 2.75) is 38.6 Å². The molecule has 0 amide bonds. The molecule has 1 aliphatic carbocycles. The smallest absolute Gasteiger partial charge is 0.0354 e. The van der Waals surface area contributed by atoms with E-state index in [4.69, 9.17) is 0 Å². The molecular formula is C13H21NS. The predicted octanol–water partition coefficient (Wildman–Crippen LogP) is 3.83. The van der Waals surface area contributed by atoms with Gasteiger partial charge in [-0.05, 0) is 54.1 Å². The second-order valence-electron chi connectivity index (χ2n) is 4.85. The van der Waals surface area contributed by atoms with Gasteiger partial charge in [0.15, 0.2) is 0 Å². The summed E-state index contributed by atoms with van der Waals surface area (Å²) in [5.74, 6) is 1.76. The summed E-state index contributed by atoms with van der Waals surface area (Å²) in [7, 11) is 2.10. The van der Waals surface area contributed by atoms with Crippen molar-refractivity contribution in [1.82, 2.24) is 5.32 Å². The maximum absolute atomic E-state index is 3.50. The lowest BCUT2D eigenvalue weighted by Gasteiger charge is -2.33. The molecule has 1 nitrogen and oxygen atoms in total. The van der Waals surface area contributed by atoms with Crippen molar-refractivity contribution < 1.29 is 0 Å². The van der Waals surface area contributed by atoms with E-state index in [0.29, 0.717) is 6.04 Å². The van der Waals surface area contributed by atoms with Gasteiger partial charge in [-0.1, -0.05) is 19.8 Å². The summed E-state index contributed by atoms with van der Waals surface area (Å²) in [6.07, 6.45) is 5.62. The molecule has 1 aromatic heterocycles. The number of rotatable bonds is 3. The fourth-order valence-electron chi connectivity index (χ4n) is 2.91. The second-order valence-corrected chi connectivity index (χ2v) is 5.63. The van der Waals surface area contributed by atoms with Gasteiger partial charge in [-0.2, -0.15) is 11.3 Å². The molecule has 3 atom stereocenters. The van der Waals surface area contributed by atoms with Crippen molar-refractivity contribution in [3.05, 3.63) is 22.4 Å². The van der Waals surface area contributed by atoms with E-state index in [9.17, 15) is 0 Å². The molecule has 1 saturated carbocycles. The minimum absolute atomic E-state index is 0.582. The van der Waals surface area contributed by atoms with Gasteiger partial charge >= 0.3 is 0 Å². The number of nitrogens with one attached hydrogen (secondary N) is 1. The average molecular weight is 223 g/mol. The van der Waals surface area contributed by atoms with Gasteiger partial charge in [0, 0.05) is 6.04 Å². The van der Waals surface area contributed by atoms with E-state index in [1.165, 1.54) is 31.2 Å². The van der Waals surface area contributed by atoms with Gasteiger partial charge in [-0.3, -0.25) is 0 Å². The van der Waals surface area contributed by atoms with Crippen LogP contribution in [-0.4, -0.2) is 7.05 Å². The summed E-state index contributed by atoms with van der Waals surface area (Å²) in [6, 6.07) is 2.85. The molecule has 1 aliphatic rings. The van der Waals surface area contributed by atoms with Gasteiger partial charge in [0.05, 0.1) is 0 Å². The van der Waals surface area contributed by atoms with Gasteiger partial charge in [-0.15, -0.1) is 0 Å². The first kappa shape index (κ1) is 11.2. The molecule has 0 saturated heterocycles. The van der Waals surface area contributed by atoms with Gasteiger partial charge in [0.2, 0.25) is 0 Å². The zero-order chi connectivity index (χ0) is 10.7. The zero-order valence-corrected chi connectivity index (χ0v) is 10.5. The molecule has 84 valence electrons. The van der Waals surface area contributed by atoms with E-state index < -0.39 is 0 Å². The Morgan fingerprint density at radius 1 is 1.47 bits per heavy atom. The minimum Gasteiger partial charge on any atom is -0.313 e. The highest BCUT2D eigenvalue weighted by Crippen LogP contribution is 2.37. The van der Waals surface area contributed by atoms with E-state index in [-0.39, 0.29) is 0 Å². The van der Waals surface area contributed by atoms with Crippen molar-refractivity contribution in [1.29, 1.82) is 0 Å². The molecule has 0 aromatic carbocycles. The molecule has 2 rings (SSSR count). The monoisotopic (exact) mass is 223 g/mol. The van der Waals surface area contributed by atoms with Crippen LogP contribution in [0.3, 0.4) is 0 Å². The number of hydrogen-bond donors (Lipinski definition) is 1. The summed E-state index contributed by atoms with van der Waals surface area (Å²) < 4.78 is 0. The quantitative estimate of drug-likeness (QED) is 0.821. The fraction of sp³-hybridized carbons (Fsp3) is 0.692. The highest BCUT2D eigenvalue weighted by Gasteiger charge is 2.26. The molecule has 3 unspecified atom stereocenters. The topological polar surface area (TPSA) is 12.0 Å². The minimum atomic E-state index is 0.582. The molecule has 1 fully saturated rings. The molecule has 0 bridgehead atoms. The van der Waals surface area contributed by atoms with Crippen molar-refractivity contribution in [2.75, 3.05) is 7.05 Å². The first-order chi connectivity index (χ1) is 7.31. The van der Waals surface area contributed by atoms with Crippen LogP contribution in [0.1, 0.15) is 44.2 Å². The highest BCUT2D eigenvalue weighted by molar-refractivity contribution is 7.07. The Balaban J connectivity index is 2.06. The lowest BCUT2D eigenvalue weighted by atomic mass is 9.77. The van der Waals surface area contributed by atoms with Crippen LogP contribution >= 0.6 is 11.3 Å². The van der Waals surface area contributed by atoms with Gasteiger partial charge in [-0.25, -0.2) is 0 Å². The van der Waals surface area contributed by atoms with Crippen molar-refractivity contribution >= 4 is 11.3 Å². The number of hydrogen-bond acceptors (Lipinski definition) is 2. The molecule has 1 aromatic rings. The van der Waals surface area contributed by atoms with Crippen LogP contribution in [0.25, 0.3) is 0 Å². The van der Waals surface area contributed by atoms with Crippen LogP contribution in [-0.2, 0) is 0 Å². The Bertz CT molecular complexity index is 281. The Labute approximate surface area is 96.9 Å². The van der Waals surface area contributed by atoms with Gasteiger partial charge in [0.1, 0.15) is 0 Å². The van der Waals surface area contributed by atoms with E-state index in [2.05, 4.69) is 36.1 Å². The van der Waals surface area contributed by atoms with Crippen LogP contribution in [0.2, 0.25) is 0 Å². The molecule has 2 heteroatoms. The Kier molecular flexibility index (Phi) is 3.81.